The lowest BCUT2D eigenvalue weighted by Gasteiger charge is -2.19. The number of anilines is 1. The first-order valence-corrected chi connectivity index (χ1v) is 9.35. The molecule has 0 bridgehead atoms. The van der Waals surface area contributed by atoms with Gasteiger partial charge in [0.15, 0.2) is 11.5 Å². The number of hydrogen-bond acceptors (Lipinski definition) is 5. The van der Waals surface area contributed by atoms with Crippen molar-refractivity contribution < 1.29 is 9.47 Å². The summed E-state index contributed by atoms with van der Waals surface area (Å²) in [6.07, 6.45) is 0. The largest absolute Gasteiger partial charge is 0.493 e. The van der Waals surface area contributed by atoms with Crippen LogP contribution in [0.5, 0.6) is 11.5 Å². The van der Waals surface area contributed by atoms with E-state index >= 15 is 0 Å². The van der Waals surface area contributed by atoms with E-state index in [0.29, 0.717) is 0 Å². The van der Waals surface area contributed by atoms with E-state index in [1.807, 2.05) is 30.3 Å². The lowest BCUT2D eigenvalue weighted by molar-refractivity contribution is 0.351. The first kappa shape index (κ1) is 16.7. The van der Waals surface area contributed by atoms with E-state index in [1.54, 1.807) is 25.6 Å². The molecule has 26 heavy (non-hydrogen) atoms. The van der Waals surface area contributed by atoms with E-state index in [-0.39, 0.29) is 5.92 Å². The van der Waals surface area contributed by atoms with E-state index in [2.05, 4.69) is 40.7 Å². The predicted molar refractivity (Wildman–Crippen MR) is 107 cm³/mol. The molecule has 0 amide bonds. The van der Waals surface area contributed by atoms with Gasteiger partial charge in [0.2, 0.25) is 0 Å². The van der Waals surface area contributed by atoms with E-state index in [9.17, 15) is 0 Å². The van der Waals surface area contributed by atoms with Crippen LogP contribution in [0.25, 0.3) is 0 Å². The second kappa shape index (κ2) is 7.22. The molecule has 5 heteroatoms. The zero-order valence-electron chi connectivity index (χ0n) is 14.8. The average molecular weight is 364 g/mol. The van der Waals surface area contributed by atoms with Crippen LogP contribution in [0.15, 0.2) is 71.1 Å². The summed E-state index contributed by atoms with van der Waals surface area (Å²) in [5, 5.41) is 9.11. The highest BCUT2D eigenvalue weighted by atomic mass is 32.1. The Labute approximate surface area is 157 Å². The number of rotatable bonds is 5. The Morgan fingerprint density at radius 2 is 1.81 bits per heavy atom. The molecule has 0 radical (unpaired) electrons. The number of thiophene rings is 1. The van der Waals surface area contributed by atoms with Crippen molar-refractivity contribution in [2.75, 3.05) is 25.8 Å². The first-order chi connectivity index (χ1) is 12.8. The highest BCUT2D eigenvalue weighted by Crippen LogP contribution is 2.40. The van der Waals surface area contributed by atoms with Crippen molar-refractivity contribution in [3.8, 4) is 11.5 Å². The summed E-state index contributed by atoms with van der Waals surface area (Å²) in [6.45, 7) is 0.765. The Kier molecular flexibility index (Phi) is 4.63. The van der Waals surface area contributed by atoms with Crippen molar-refractivity contribution in [2.45, 2.75) is 5.92 Å². The maximum atomic E-state index is 5.69. The highest BCUT2D eigenvalue weighted by Gasteiger charge is 2.33. The van der Waals surface area contributed by atoms with Gasteiger partial charge >= 0.3 is 0 Å². The summed E-state index contributed by atoms with van der Waals surface area (Å²) in [5.74, 6) is 1.63. The normalized spacial score (nSPS) is 16.5. The number of ether oxygens (including phenoxy) is 2. The van der Waals surface area contributed by atoms with Crippen LogP contribution >= 0.6 is 11.3 Å². The molecule has 2 heterocycles. The van der Waals surface area contributed by atoms with Crippen LogP contribution in [0.2, 0.25) is 0 Å². The van der Waals surface area contributed by atoms with E-state index < -0.39 is 0 Å². The van der Waals surface area contributed by atoms with Gasteiger partial charge in [0.1, 0.15) is 0 Å². The van der Waals surface area contributed by atoms with Crippen molar-refractivity contribution in [1.29, 1.82) is 0 Å². The molecule has 1 aliphatic heterocycles. The maximum absolute atomic E-state index is 5.69. The average Bonchev–Trinajstić information content (AvgIpc) is 3.37. The third kappa shape index (κ3) is 2.95. The second-order valence-electron chi connectivity index (χ2n) is 6.02. The van der Waals surface area contributed by atoms with Gasteiger partial charge in [-0.05, 0) is 29.6 Å². The number of para-hydroxylation sites is 2. The van der Waals surface area contributed by atoms with Gasteiger partial charge in [-0.15, -0.1) is 11.3 Å². The summed E-state index contributed by atoms with van der Waals surface area (Å²) in [6, 6.07) is 20.5. The first-order valence-electron chi connectivity index (χ1n) is 8.47. The Morgan fingerprint density at radius 1 is 0.962 bits per heavy atom. The van der Waals surface area contributed by atoms with Crippen molar-refractivity contribution in [3.63, 3.8) is 0 Å². The van der Waals surface area contributed by atoms with Crippen LogP contribution in [-0.4, -0.2) is 26.5 Å². The third-order valence-electron chi connectivity index (χ3n) is 4.55. The van der Waals surface area contributed by atoms with Crippen molar-refractivity contribution in [3.05, 3.63) is 76.5 Å². The van der Waals surface area contributed by atoms with Gasteiger partial charge in [-0.1, -0.05) is 36.4 Å². The zero-order chi connectivity index (χ0) is 17.9. The quantitative estimate of drug-likeness (QED) is 0.654. The number of nitrogens with zero attached hydrogens (tertiary/aromatic N) is 2. The molecule has 4 nitrogen and oxygen atoms in total. The van der Waals surface area contributed by atoms with E-state index in [1.165, 1.54) is 4.88 Å². The topological polar surface area (TPSA) is 34.1 Å². The lowest BCUT2D eigenvalue weighted by Crippen LogP contribution is -2.18. The standard InChI is InChI=1S/C21H20N2O2S/c1-24-18-11-6-10-16(21(18)25-2)17-14-23(15-8-4-3-5-9-15)22-20(17)19-12-7-13-26-19/h3-13,17H,14H2,1-2H3. The molecule has 1 aromatic heterocycles. The smallest absolute Gasteiger partial charge is 0.164 e. The van der Waals surface area contributed by atoms with Crippen molar-refractivity contribution in [2.24, 2.45) is 5.10 Å². The predicted octanol–water partition coefficient (Wildman–Crippen LogP) is 4.77. The molecule has 132 valence electrons. The van der Waals surface area contributed by atoms with Crippen LogP contribution in [0, 0.1) is 0 Å². The number of methoxy groups -OCH3 is 2. The molecule has 0 fully saturated rings. The molecular weight excluding hydrogens is 344 g/mol. The number of hydrogen-bond donors (Lipinski definition) is 0. The van der Waals surface area contributed by atoms with Gasteiger partial charge in [-0.25, -0.2) is 0 Å². The number of benzene rings is 2. The van der Waals surface area contributed by atoms with Crippen LogP contribution in [0.1, 0.15) is 16.4 Å². The summed E-state index contributed by atoms with van der Waals surface area (Å²) in [4.78, 5) is 1.18. The molecule has 4 rings (SSSR count). The summed E-state index contributed by atoms with van der Waals surface area (Å²) in [5.41, 5.74) is 3.25. The van der Waals surface area contributed by atoms with Crippen LogP contribution in [0.3, 0.4) is 0 Å². The lowest BCUT2D eigenvalue weighted by atomic mass is 9.92. The second-order valence-corrected chi connectivity index (χ2v) is 6.96. The molecule has 0 saturated carbocycles. The van der Waals surface area contributed by atoms with Gasteiger partial charge in [0, 0.05) is 5.56 Å². The molecule has 1 atom stereocenters. The Balaban J connectivity index is 1.80. The fourth-order valence-electron chi connectivity index (χ4n) is 3.34. The molecule has 0 aliphatic carbocycles. The number of hydrazone groups is 1. The van der Waals surface area contributed by atoms with Gasteiger partial charge in [-0.2, -0.15) is 5.10 Å². The summed E-state index contributed by atoms with van der Waals surface area (Å²) in [7, 11) is 3.36. The van der Waals surface area contributed by atoms with E-state index in [4.69, 9.17) is 14.6 Å². The third-order valence-corrected chi connectivity index (χ3v) is 5.44. The minimum absolute atomic E-state index is 0.110. The fourth-order valence-corrected chi connectivity index (χ4v) is 4.11. The monoisotopic (exact) mass is 364 g/mol. The molecule has 0 saturated heterocycles. The van der Waals surface area contributed by atoms with Crippen LogP contribution < -0.4 is 14.5 Å². The molecule has 2 aromatic carbocycles. The highest BCUT2D eigenvalue weighted by molar-refractivity contribution is 7.12. The molecule has 0 N–H and O–H groups in total. The molecular formula is C21H20N2O2S. The van der Waals surface area contributed by atoms with E-state index in [0.717, 1.165) is 35.0 Å². The van der Waals surface area contributed by atoms with Gasteiger partial charge in [-0.3, -0.25) is 5.01 Å². The Bertz CT molecular complexity index is 907. The molecule has 3 aromatic rings. The van der Waals surface area contributed by atoms with Crippen molar-refractivity contribution >= 4 is 22.7 Å². The molecule has 1 aliphatic rings. The van der Waals surface area contributed by atoms with Gasteiger partial charge in [0.25, 0.3) is 0 Å². The van der Waals surface area contributed by atoms with Gasteiger partial charge in [0.05, 0.1) is 43.0 Å². The Hall–Kier alpha value is -2.79. The van der Waals surface area contributed by atoms with Crippen LogP contribution in [-0.2, 0) is 0 Å². The molecule has 1 unspecified atom stereocenters. The summed E-state index contributed by atoms with van der Waals surface area (Å²) >= 11 is 1.71. The molecule has 0 spiro atoms. The van der Waals surface area contributed by atoms with Crippen molar-refractivity contribution in [1.82, 2.24) is 0 Å². The van der Waals surface area contributed by atoms with Gasteiger partial charge < -0.3 is 9.47 Å². The minimum Gasteiger partial charge on any atom is -0.493 e. The van der Waals surface area contributed by atoms with Crippen LogP contribution in [0.4, 0.5) is 5.69 Å². The minimum atomic E-state index is 0.110. The Morgan fingerprint density at radius 3 is 2.50 bits per heavy atom. The zero-order valence-corrected chi connectivity index (χ0v) is 15.6. The maximum Gasteiger partial charge on any atom is 0.164 e. The fraction of sp³-hybridized carbons (Fsp3) is 0.190. The SMILES string of the molecule is COc1cccc(C2CN(c3ccccc3)N=C2c2cccs2)c1OC. The summed E-state index contributed by atoms with van der Waals surface area (Å²) < 4.78 is 11.2.